The summed E-state index contributed by atoms with van der Waals surface area (Å²) in [6, 6.07) is 10.3. The number of rotatable bonds is 11. The number of hydrogen-bond acceptors (Lipinski definition) is 10. The molecule has 218 valence electrons. The maximum Gasteiger partial charge on any atom is 0.331 e. The number of nitrogens with zero attached hydrogens (tertiary/aromatic N) is 1. The van der Waals surface area contributed by atoms with Crippen LogP contribution in [0.5, 0.6) is 11.5 Å². The van der Waals surface area contributed by atoms with Crippen LogP contribution in [0.15, 0.2) is 42.6 Å². The number of methoxy groups -OCH3 is 1. The number of pyridine rings is 1. The van der Waals surface area contributed by atoms with E-state index in [2.05, 4.69) is 24.1 Å². The van der Waals surface area contributed by atoms with Gasteiger partial charge in [-0.2, -0.15) is 0 Å². The second-order valence-corrected chi connectivity index (χ2v) is 9.91. The molecule has 11 nitrogen and oxygen atoms in total. The van der Waals surface area contributed by atoms with Crippen LogP contribution in [0, 0.1) is 11.8 Å². The lowest BCUT2D eigenvalue weighted by Crippen LogP contribution is -2.46. The van der Waals surface area contributed by atoms with Gasteiger partial charge < -0.3 is 33.7 Å². The van der Waals surface area contributed by atoms with Crippen LogP contribution in [0.4, 0.5) is 0 Å². The van der Waals surface area contributed by atoms with E-state index >= 15 is 0 Å². The molecule has 2 aromatic rings. The molecule has 1 N–H and O–H groups in total. The van der Waals surface area contributed by atoms with Gasteiger partial charge in [-0.15, -0.1) is 0 Å². The van der Waals surface area contributed by atoms with Crippen LogP contribution in [0.1, 0.15) is 43.7 Å². The highest BCUT2D eigenvalue weighted by Crippen LogP contribution is 2.30. The molecule has 0 spiro atoms. The molecule has 0 unspecified atom stereocenters. The van der Waals surface area contributed by atoms with E-state index in [4.69, 9.17) is 28.4 Å². The Bertz CT molecular complexity index is 1130. The van der Waals surface area contributed by atoms with Crippen LogP contribution in [-0.2, 0) is 35.0 Å². The van der Waals surface area contributed by atoms with E-state index in [-0.39, 0.29) is 42.4 Å². The Hall–Kier alpha value is -3.70. The Morgan fingerprint density at radius 3 is 2.58 bits per heavy atom. The van der Waals surface area contributed by atoms with Gasteiger partial charge in [-0.3, -0.25) is 9.59 Å². The molecule has 1 aliphatic rings. The van der Waals surface area contributed by atoms with E-state index in [9.17, 15) is 14.4 Å². The smallest absolute Gasteiger partial charge is 0.331 e. The molecule has 0 saturated carbocycles. The molecule has 1 aliphatic heterocycles. The van der Waals surface area contributed by atoms with Crippen LogP contribution < -0.4 is 14.8 Å². The Labute approximate surface area is 234 Å². The molecule has 40 heavy (non-hydrogen) atoms. The molecular weight excluding hydrogens is 520 g/mol. The maximum atomic E-state index is 13.3. The Balaban J connectivity index is 1.79. The number of carbonyl (C=O) groups is 3. The number of amides is 1. The lowest BCUT2D eigenvalue weighted by Gasteiger charge is -2.31. The zero-order valence-corrected chi connectivity index (χ0v) is 23.6. The summed E-state index contributed by atoms with van der Waals surface area (Å²) in [4.78, 5) is 41.7. The highest BCUT2D eigenvalue weighted by atomic mass is 16.7. The minimum Gasteiger partial charge on any atom is -0.493 e. The highest BCUT2D eigenvalue weighted by Gasteiger charge is 2.36. The fraction of sp³-hybridized carbons (Fsp3) is 0.517. The first-order chi connectivity index (χ1) is 19.2. The number of esters is 2. The molecule has 1 aromatic carbocycles. The van der Waals surface area contributed by atoms with Crippen molar-refractivity contribution in [1.29, 1.82) is 0 Å². The number of cyclic esters (lactones) is 1. The first-order valence-electron chi connectivity index (χ1n) is 13.2. The van der Waals surface area contributed by atoms with E-state index in [1.807, 2.05) is 37.3 Å². The van der Waals surface area contributed by atoms with Gasteiger partial charge in [0.25, 0.3) is 5.91 Å². The summed E-state index contributed by atoms with van der Waals surface area (Å²) < 4.78 is 33.6. The van der Waals surface area contributed by atoms with Crippen LogP contribution in [0.2, 0.25) is 0 Å². The normalized spacial score (nSPS) is 21.4. The lowest BCUT2D eigenvalue weighted by molar-refractivity contribution is -0.155. The van der Waals surface area contributed by atoms with Crippen molar-refractivity contribution in [3.05, 3.63) is 53.9 Å². The number of carbonyl (C=O) groups excluding carboxylic acids is 3. The van der Waals surface area contributed by atoms with E-state index < -0.39 is 36.8 Å². The fourth-order valence-corrected chi connectivity index (χ4v) is 4.21. The zero-order valence-electron chi connectivity index (χ0n) is 23.6. The van der Waals surface area contributed by atoms with Crippen molar-refractivity contribution in [2.45, 2.75) is 52.4 Å². The third-order valence-electron chi connectivity index (χ3n) is 6.27. The van der Waals surface area contributed by atoms with Crippen LogP contribution in [0.3, 0.4) is 0 Å². The van der Waals surface area contributed by atoms with E-state index in [1.54, 1.807) is 0 Å². The van der Waals surface area contributed by atoms with Crippen molar-refractivity contribution in [3.8, 4) is 11.5 Å². The van der Waals surface area contributed by atoms with Gasteiger partial charge in [0.2, 0.25) is 6.79 Å². The third-order valence-corrected chi connectivity index (χ3v) is 6.27. The third kappa shape index (κ3) is 8.92. The molecule has 11 heteroatoms. The van der Waals surface area contributed by atoms with Crippen molar-refractivity contribution in [1.82, 2.24) is 10.3 Å². The number of ether oxygens (including phenoxy) is 6. The van der Waals surface area contributed by atoms with Crippen molar-refractivity contribution >= 4 is 17.8 Å². The maximum absolute atomic E-state index is 13.3. The van der Waals surface area contributed by atoms with Gasteiger partial charge in [0.15, 0.2) is 23.2 Å². The van der Waals surface area contributed by atoms with Gasteiger partial charge in [-0.1, -0.05) is 44.2 Å². The second-order valence-electron chi connectivity index (χ2n) is 9.91. The molecule has 1 saturated heterocycles. The number of hydrogen-bond donors (Lipinski definition) is 1. The number of nitrogens with one attached hydrogen (secondary N) is 1. The summed E-state index contributed by atoms with van der Waals surface area (Å²) in [5.41, 5.74) is 0.926. The molecule has 0 aliphatic carbocycles. The molecule has 4 atom stereocenters. The average molecular weight is 559 g/mol. The first-order valence-corrected chi connectivity index (χ1v) is 13.2. The molecule has 1 aromatic heterocycles. The predicted molar refractivity (Wildman–Crippen MR) is 144 cm³/mol. The zero-order chi connectivity index (χ0) is 29.1. The standard InChI is InChI=1S/C29H38N2O9/c1-18(2)14-37-25-16-36-15-23(29(34)40-19(3)22(25)13-21-9-7-6-8-10-21)31-28(33)26-27(39-17-38-20(4)32)24(35-5)11-12-30-26/h6-12,18-19,22-23,25H,13-17H2,1-5H3,(H,31,33)/t19-,22-,23-,25-/m0/s1. The molecule has 0 bridgehead atoms. The second kappa shape index (κ2) is 15.2. The summed E-state index contributed by atoms with van der Waals surface area (Å²) in [6.07, 6.45) is 1.12. The topological polar surface area (TPSA) is 132 Å². The molecule has 3 rings (SSSR count). The monoisotopic (exact) mass is 558 g/mol. The van der Waals surface area contributed by atoms with E-state index in [1.165, 1.54) is 26.3 Å². The van der Waals surface area contributed by atoms with Crippen molar-refractivity contribution in [2.75, 3.05) is 33.7 Å². The molecule has 1 amide bonds. The molecule has 0 radical (unpaired) electrons. The number of aromatic nitrogens is 1. The van der Waals surface area contributed by atoms with Crippen molar-refractivity contribution in [3.63, 3.8) is 0 Å². The molecule has 2 heterocycles. The Morgan fingerprint density at radius 2 is 1.90 bits per heavy atom. The summed E-state index contributed by atoms with van der Waals surface area (Å²) in [5, 5.41) is 2.64. The molecular formula is C29H38N2O9. The van der Waals surface area contributed by atoms with Crippen LogP contribution in [0.25, 0.3) is 0 Å². The minimum atomic E-state index is -1.12. The summed E-state index contributed by atoms with van der Waals surface area (Å²) in [6.45, 7) is 7.33. The summed E-state index contributed by atoms with van der Waals surface area (Å²) in [7, 11) is 1.39. The summed E-state index contributed by atoms with van der Waals surface area (Å²) >= 11 is 0. The van der Waals surface area contributed by atoms with Gasteiger partial charge in [0, 0.05) is 31.7 Å². The highest BCUT2D eigenvalue weighted by molar-refractivity contribution is 5.98. The Morgan fingerprint density at radius 1 is 1.15 bits per heavy atom. The SMILES string of the molecule is COc1ccnc(C(=O)N[C@H]2COC[C@H](OCC(C)C)[C@@H](Cc3ccccc3)[C@H](C)OC2=O)c1OCOC(C)=O. The van der Waals surface area contributed by atoms with E-state index in [0.717, 1.165) is 5.56 Å². The summed E-state index contributed by atoms with van der Waals surface area (Å²) in [5.74, 6) is -1.64. The van der Waals surface area contributed by atoms with Gasteiger partial charge in [-0.05, 0) is 24.8 Å². The Kier molecular flexibility index (Phi) is 11.7. The van der Waals surface area contributed by atoms with Gasteiger partial charge in [0.1, 0.15) is 6.10 Å². The average Bonchev–Trinajstić information content (AvgIpc) is 2.97. The van der Waals surface area contributed by atoms with Crippen LogP contribution in [-0.4, -0.2) is 74.8 Å². The quantitative estimate of drug-likeness (QED) is 0.324. The molecule has 1 fully saturated rings. The van der Waals surface area contributed by atoms with Crippen molar-refractivity contribution < 1.29 is 42.8 Å². The number of benzene rings is 1. The largest absolute Gasteiger partial charge is 0.493 e. The minimum absolute atomic E-state index is 0.0421. The predicted octanol–water partition coefficient (Wildman–Crippen LogP) is 2.95. The van der Waals surface area contributed by atoms with E-state index in [0.29, 0.717) is 18.9 Å². The first kappa shape index (κ1) is 30.8. The van der Waals surface area contributed by atoms with Gasteiger partial charge in [0.05, 0.1) is 26.4 Å². The van der Waals surface area contributed by atoms with Gasteiger partial charge in [-0.25, -0.2) is 9.78 Å². The fourth-order valence-electron chi connectivity index (χ4n) is 4.21. The van der Waals surface area contributed by atoms with Crippen molar-refractivity contribution in [2.24, 2.45) is 11.8 Å². The van der Waals surface area contributed by atoms with Gasteiger partial charge >= 0.3 is 11.9 Å². The lowest BCUT2D eigenvalue weighted by atomic mass is 9.89. The van der Waals surface area contributed by atoms with Crippen LogP contribution >= 0.6 is 0 Å².